The van der Waals surface area contributed by atoms with Gasteiger partial charge in [-0.15, -0.1) is 4.72 Å². The van der Waals surface area contributed by atoms with Gasteiger partial charge in [0.15, 0.2) is 16.6 Å². The molecule has 8 heteroatoms. The maximum absolute atomic E-state index is 13.3. The maximum Gasteiger partial charge on any atom is 0.193 e. The molecule has 0 fully saturated rings. The monoisotopic (exact) mass is 528 g/mol. The Morgan fingerprint density at radius 1 is 0.912 bits per heavy atom. The molecule has 0 aromatic carbocycles. The summed E-state index contributed by atoms with van der Waals surface area (Å²) >= 11 is -1.25. The van der Waals surface area contributed by atoms with E-state index in [0.29, 0.717) is 6.42 Å². The maximum atomic E-state index is 13.3. The highest BCUT2D eigenvalue weighted by atomic mass is 32.2. The van der Waals surface area contributed by atoms with Crippen LogP contribution in [-0.2, 0) is 20.2 Å². The van der Waals surface area contributed by atoms with Crippen molar-refractivity contribution >= 4 is 28.0 Å². The minimum Gasteiger partial charge on any atom is -0.598 e. The molecule has 198 valence electrons. The summed E-state index contributed by atoms with van der Waals surface area (Å²) in [5, 5.41) is 0.160. The molecule has 2 unspecified atom stereocenters. The van der Waals surface area contributed by atoms with Crippen LogP contribution in [0, 0.1) is 0 Å². The summed E-state index contributed by atoms with van der Waals surface area (Å²) in [6.07, 6.45) is 2.16. The van der Waals surface area contributed by atoms with Gasteiger partial charge in [-0.05, 0) is 82.5 Å². The summed E-state index contributed by atoms with van der Waals surface area (Å²) in [7, 11) is -4.10. The number of nitrogens with zero attached hydrogens (tertiary/aromatic N) is 1. The highest BCUT2D eigenvalue weighted by molar-refractivity contribution is 7.90. The second kappa shape index (κ2) is 11.4. The van der Waals surface area contributed by atoms with E-state index in [-0.39, 0.29) is 28.3 Å². The summed E-state index contributed by atoms with van der Waals surface area (Å²) in [6.45, 7) is 30.7. The molecule has 0 saturated carbocycles. The molecule has 34 heavy (non-hydrogen) atoms. The first-order valence-electron chi connectivity index (χ1n) is 12.5. The SMILES string of the molecule is C[C@@H](C[C@H](N[S+]([O-])C(C)(C)C)C(O[Si](C)(C)C(C)(C)C)c1ccccn1)O[Si](C)(C)C(C)(C)C. The largest absolute Gasteiger partial charge is 0.598 e. The molecule has 0 saturated heterocycles. The number of aromatic nitrogens is 1. The van der Waals surface area contributed by atoms with Gasteiger partial charge in [-0.25, -0.2) is 0 Å². The minimum absolute atomic E-state index is 0.00964. The highest BCUT2D eigenvalue weighted by Crippen LogP contribution is 2.42. The van der Waals surface area contributed by atoms with E-state index in [1.54, 1.807) is 0 Å². The Bertz CT molecular complexity index is 756. The molecule has 4 atom stereocenters. The van der Waals surface area contributed by atoms with Crippen molar-refractivity contribution < 1.29 is 13.4 Å². The first-order chi connectivity index (χ1) is 15.1. The topological polar surface area (TPSA) is 66.4 Å². The van der Waals surface area contributed by atoms with E-state index in [2.05, 4.69) is 84.4 Å². The van der Waals surface area contributed by atoms with E-state index >= 15 is 0 Å². The fourth-order valence-electron chi connectivity index (χ4n) is 3.02. The number of rotatable bonds is 10. The van der Waals surface area contributed by atoms with Gasteiger partial charge in [0.2, 0.25) is 0 Å². The van der Waals surface area contributed by atoms with Crippen molar-refractivity contribution in [2.75, 3.05) is 0 Å². The van der Waals surface area contributed by atoms with Crippen LogP contribution in [-0.4, -0.2) is 43.1 Å². The van der Waals surface area contributed by atoms with E-state index in [4.69, 9.17) is 8.85 Å². The molecule has 5 nitrogen and oxygen atoms in total. The Morgan fingerprint density at radius 2 is 1.41 bits per heavy atom. The average molecular weight is 529 g/mol. The molecule has 0 radical (unpaired) electrons. The molecular weight excluding hydrogens is 477 g/mol. The van der Waals surface area contributed by atoms with Crippen molar-refractivity contribution in [3.05, 3.63) is 30.1 Å². The van der Waals surface area contributed by atoms with Crippen molar-refractivity contribution in [1.29, 1.82) is 0 Å². The predicted molar refractivity (Wildman–Crippen MR) is 152 cm³/mol. The average Bonchev–Trinajstić information content (AvgIpc) is 2.63. The smallest absolute Gasteiger partial charge is 0.193 e. The van der Waals surface area contributed by atoms with Gasteiger partial charge in [0.1, 0.15) is 10.9 Å². The van der Waals surface area contributed by atoms with E-state index < -0.39 is 32.7 Å². The predicted octanol–water partition coefficient (Wildman–Crippen LogP) is 7.37. The molecule has 1 aromatic rings. The molecule has 0 bridgehead atoms. The molecule has 1 rings (SSSR count). The number of nitrogens with one attached hydrogen (secondary N) is 1. The van der Waals surface area contributed by atoms with Crippen LogP contribution in [0.1, 0.15) is 87.5 Å². The number of pyridine rings is 1. The fourth-order valence-corrected chi connectivity index (χ4v) is 6.60. The van der Waals surface area contributed by atoms with E-state index in [1.807, 2.05) is 45.2 Å². The second-order valence-electron chi connectivity index (χ2n) is 13.6. The Kier molecular flexibility index (Phi) is 10.7. The van der Waals surface area contributed by atoms with Gasteiger partial charge in [-0.3, -0.25) is 4.98 Å². The molecule has 1 heterocycles. The van der Waals surface area contributed by atoms with Crippen molar-refractivity contribution in [1.82, 2.24) is 9.71 Å². The third-order valence-electron chi connectivity index (χ3n) is 7.27. The Balaban J connectivity index is 3.42. The van der Waals surface area contributed by atoms with Gasteiger partial charge in [0.25, 0.3) is 0 Å². The molecular formula is C26H52N2O3SSi2. The summed E-state index contributed by atoms with van der Waals surface area (Å²) < 4.78 is 30.1. The molecule has 0 aliphatic rings. The standard InChI is InChI=1S/C26H52N2O3SSi2/c1-20(30-33(11,12)25(5,6)7)19-22(28-32(29)24(2,3)4)23(21-17-15-16-18-27-21)31-34(13,14)26(8,9)10/h15-18,20,22-23,28H,19H2,1-14H3/t20-,22-,23?,32?/m0/s1. The Labute approximate surface area is 215 Å². The molecule has 1 N–H and O–H groups in total. The van der Waals surface area contributed by atoms with Crippen molar-refractivity contribution in [3.63, 3.8) is 0 Å². The Morgan fingerprint density at radius 3 is 1.82 bits per heavy atom. The molecule has 0 aliphatic heterocycles. The van der Waals surface area contributed by atoms with Crippen molar-refractivity contribution in [2.24, 2.45) is 0 Å². The summed E-state index contributed by atoms with van der Waals surface area (Å²) in [6, 6.07) is 5.74. The number of hydrogen-bond acceptors (Lipinski definition) is 5. The first-order valence-corrected chi connectivity index (χ1v) is 19.5. The van der Waals surface area contributed by atoms with Gasteiger partial charge < -0.3 is 13.4 Å². The van der Waals surface area contributed by atoms with E-state index in [9.17, 15) is 4.55 Å². The lowest BCUT2D eigenvalue weighted by Crippen LogP contribution is -2.52. The highest BCUT2D eigenvalue weighted by Gasteiger charge is 2.45. The minimum atomic E-state index is -2.15. The molecule has 0 aliphatic carbocycles. The van der Waals surface area contributed by atoms with Crippen LogP contribution in [0.4, 0.5) is 0 Å². The van der Waals surface area contributed by atoms with Crippen molar-refractivity contribution in [2.45, 2.75) is 135 Å². The van der Waals surface area contributed by atoms with Gasteiger partial charge in [0, 0.05) is 23.7 Å². The van der Waals surface area contributed by atoms with E-state index in [1.165, 1.54) is 0 Å². The normalized spacial score (nSPS) is 17.9. The van der Waals surface area contributed by atoms with Crippen LogP contribution in [0.15, 0.2) is 24.4 Å². The third-order valence-corrected chi connectivity index (χ3v) is 18.0. The zero-order valence-corrected chi connectivity index (χ0v) is 27.1. The van der Waals surface area contributed by atoms with Gasteiger partial charge in [-0.1, -0.05) is 47.6 Å². The molecule has 1 aromatic heterocycles. The zero-order chi connectivity index (χ0) is 26.8. The van der Waals surface area contributed by atoms with Crippen LogP contribution in [0.3, 0.4) is 0 Å². The lowest BCUT2D eigenvalue weighted by molar-refractivity contribution is 0.103. The molecule has 0 spiro atoms. The van der Waals surface area contributed by atoms with Gasteiger partial charge in [0.05, 0.1) is 11.7 Å². The van der Waals surface area contributed by atoms with Crippen LogP contribution < -0.4 is 4.72 Å². The van der Waals surface area contributed by atoms with E-state index in [0.717, 1.165) is 5.69 Å². The van der Waals surface area contributed by atoms with Crippen LogP contribution in [0.2, 0.25) is 36.3 Å². The van der Waals surface area contributed by atoms with Crippen LogP contribution in [0.5, 0.6) is 0 Å². The third kappa shape index (κ3) is 9.02. The van der Waals surface area contributed by atoms with Gasteiger partial charge in [-0.2, -0.15) is 0 Å². The first kappa shape index (κ1) is 31.8. The Hall–Kier alpha value is -0.226. The van der Waals surface area contributed by atoms with Crippen LogP contribution in [0.25, 0.3) is 0 Å². The summed E-state index contributed by atoms with van der Waals surface area (Å²) in [4.78, 5) is 4.68. The zero-order valence-electron chi connectivity index (χ0n) is 24.3. The number of hydrogen-bond donors (Lipinski definition) is 1. The molecule has 0 amide bonds. The summed E-state index contributed by atoms with van der Waals surface area (Å²) in [5.41, 5.74) is 0.871. The quantitative estimate of drug-likeness (QED) is 0.254. The van der Waals surface area contributed by atoms with Crippen LogP contribution >= 0.6 is 0 Å². The fraction of sp³-hybridized carbons (Fsp3) is 0.808. The second-order valence-corrected chi connectivity index (χ2v) is 25.1. The van der Waals surface area contributed by atoms with Gasteiger partial charge >= 0.3 is 0 Å². The lowest BCUT2D eigenvalue weighted by atomic mass is 10.0. The summed E-state index contributed by atoms with van der Waals surface area (Å²) in [5.74, 6) is 0. The van der Waals surface area contributed by atoms with Crippen molar-refractivity contribution in [3.8, 4) is 0 Å². The lowest BCUT2D eigenvalue weighted by Gasteiger charge is -2.43.